The Hall–Kier alpha value is -1.75. The first-order valence-electron chi connectivity index (χ1n) is 6.26. The van der Waals surface area contributed by atoms with Crippen LogP contribution in [0.4, 0.5) is 5.69 Å². The minimum Gasteiger partial charge on any atom is -0.505 e. The van der Waals surface area contributed by atoms with Crippen LogP contribution in [-0.4, -0.2) is 42.1 Å². The van der Waals surface area contributed by atoms with Gasteiger partial charge in [-0.05, 0) is 38.1 Å². The third-order valence-electron chi connectivity index (χ3n) is 3.22. The van der Waals surface area contributed by atoms with Gasteiger partial charge in [-0.3, -0.25) is 4.79 Å². The van der Waals surface area contributed by atoms with E-state index in [1.54, 1.807) is 18.2 Å². The van der Waals surface area contributed by atoms with Crippen molar-refractivity contribution in [2.45, 2.75) is 12.8 Å². The number of nitrogens with one attached hydrogen (secondary N) is 1. The van der Waals surface area contributed by atoms with E-state index in [9.17, 15) is 9.90 Å². The molecular formula is C13H19N3O2. The maximum Gasteiger partial charge on any atom is 0.255 e. The van der Waals surface area contributed by atoms with Gasteiger partial charge < -0.3 is 21.1 Å². The van der Waals surface area contributed by atoms with E-state index in [1.807, 2.05) is 0 Å². The zero-order chi connectivity index (χ0) is 13.0. The second-order valence-corrected chi connectivity index (χ2v) is 4.55. The number of likely N-dealkylation sites (tertiary alicyclic amines) is 1. The molecule has 0 atom stereocenters. The van der Waals surface area contributed by atoms with Crippen LogP contribution in [0.1, 0.15) is 23.2 Å². The molecule has 2 rings (SSSR count). The predicted molar refractivity (Wildman–Crippen MR) is 70.5 cm³/mol. The molecule has 5 nitrogen and oxygen atoms in total. The molecule has 0 unspecified atom stereocenters. The van der Waals surface area contributed by atoms with Crippen molar-refractivity contribution in [2.24, 2.45) is 0 Å². The van der Waals surface area contributed by atoms with Crippen molar-refractivity contribution in [1.82, 2.24) is 10.2 Å². The second kappa shape index (κ2) is 5.73. The Labute approximate surface area is 107 Å². The van der Waals surface area contributed by atoms with E-state index in [0.717, 1.165) is 19.6 Å². The summed E-state index contributed by atoms with van der Waals surface area (Å²) in [7, 11) is 0. The number of anilines is 1. The fourth-order valence-corrected chi connectivity index (χ4v) is 2.17. The van der Waals surface area contributed by atoms with Crippen LogP contribution in [0.5, 0.6) is 5.75 Å². The zero-order valence-electron chi connectivity index (χ0n) is 10.4. The highest BCUT2D eigenvalue weighted by Crippen LogP contribution is 2.23. The SMILES string of the molecule is Nc1cccc(C(=O)NCCN2CCCC2)c1O. The van der Waals surface area contributed by atoms with E-state index in [0.29, 0.717) is 6.54 Å². The van der Waals surface area contributed by atoms with Gasteiger partial charge in [-0.15, -0.1) is 0 Å². The van der Waals surface area contributed by atoms with Crippen LogP contribution < -0.4 is 11.1 Å². The number of carbonyl (C=O) groups excluding carboxylic acids is 1. The van der Waals surface area contributed by atoms with Crippen LogP contribution in [0.2, 0.25) is 0 Å². The standard InChI is InChI=1S/C13H19N3O2/c14-11-5-3-4-10(12(11)17)13(18)15-6-9-16-7-1-2-8-16/h3-5,17H,1-2,6-9,14H2,(H,15,18). The molecule has 1 aliphatic rings. The quantitative estimate of drug-likeness (QED) is 0.545. The molecule has 1 saturated heterocycles. The average molecular weight is 249 g/mol. The lowest BCUT2D eigenvalue weighted by molar-refractivity contribution is 0.0947. The summed E-state index contributed by atoms with van der Waals surface area (Å²) >= 11 is 0. The highest BCUT2D eigenvalue weighted by Gasteiger charge is 2.14. The number of phenols is 1. The van der Waals surface area contributed by atoms with Gasteiger partial charge in [0, 0.05) is 13.1 Å². The van der Waals surface area contributed by atoms with E-state index in [-0.39, 0.29) is 22.9 Å². The Morgan fingerprint density at radius 2 is 2.11 bits per heavy atom. The molecule has 18 heavy (non-hydrogen) atoms. The fraction of sp³-hybridized carbons (Fsp3) is 0.462. The number of para-hydroxylation sites is 1. The highest BCUT2D eigenvalue weighted by molar-refractivity contribution is 5.98. The number of nitrogens with zero attached hydrogens (tertiary/aromatic N) is 1. The summed E-state index contributed by atoms with van der Waals surface area (Å²) in [6, 6.07) is 4.79. The summed E-state index contributed by atoms with van der Waals surface area (Å²) in [5.41, 5.74) is 6.01. The fourth-order valence-electron chi connectivity index (χ4n) is 2.17. The zero-order valence-corrected chi connectivity index (χ0v) is 10.4. The molecule has 98 valence electrons. The summed E-state index contributed by atoms with van der Waals surface area (Å²) < 4.78 is 0. The number of nitrogens with two attached hydrogens (primary N) is 1. The molecular weight excluding hydrogens is 230 g/mol. The number of phenolic OH excluding ortho intramolecular Hbond substituents is 1. The van der Waals surface area contributed by atoms with E-state index in [4.69, 9.17) is 5.73 Å². The number of hydrogen-bond donors (Lipinski definition) is 3. The largest absolute Gasteiger partial charge is 0.505 e. The Morgan fingerprint density at radius 3 is 2.83 bits per heavy atom. The normalized spacial score (nSPS) is 15.8. The third-order valence-corrected chi connectivity index (χ3v) is 3.22. The van der Waals surface area contributed by atoms with Crippen molar-refractivity contribution < 1.29 is 9.90 Å². The minimum absolute atomic E-state index is 0.142. The van der Waals surface area contributed by atoms with Crippen LogP contribution in [0, 0.1) is 0 Å². The molecule has 1 fully saturated rings. The van der Waals surface area contributed by atoms with Gasteiger partial charge in [0.25, 0.3) is 5.91 Å². The molecule has 0 radical (unpaired) electrons. The Balaban J connectivity index is 1.85. The van der Waals surface area contributed by atoms with Gasteiger partial charge >= 0.3 is 0 Å². The number of amides is 1. The van der Waals surface area contributed by atoms with Crippen LogP contribution in [-0.2, 0) is 0 Å². The van der Waals surface area contributed by atoms with Gasteiger partial charge in [0.15, 0.2) is 5.75 Å². The van der Waals surface area contributed by atoms with Crippen LogP contribution in [0.3, 0.4) is 0 Å². The van der Waals surface area contributed by atoms with Gasteiger partial charge in [-0.2, -0.15) is 0 Å². The van der Waals surface area contributed by atoms with E-state index in [1.165, 1.54) is 12.8 Å². The molecule has 0 bridgehead atoms. The molecule has 4 N–H and O–H groups in total. The first kappa shape index (κ1) is 12.7. The van der Waals surface area contributed by atoms with Crippen LogP contribution in [0.25, 0.3) is 0 Å². The summed E-state index contributed by atoms with van der Waals surface area (Å²) in [5.74, 6) is -0.421. The van der Waals surface area contributed by atoms with Crippen molar-refractivity contribution in [3.63, 3.8) is 0 Å². The highest BCUT2D eigenvalue weighted by atomic mass is 16.3. The predicted octanol–water partition coefficient (Wildman–Crippen LogP) is 0.800. The summed E-state index contributed by atoms with van der Waals surface area (Å²) in [4.78, 5) is 14.2. The van der Waals surface area contributed by atoms with Crippen molar-refractivity contribution in [3.05, 3.63) is 23.8 Å². The van der Waals surface area contributed by atoms with Gasteiger partial charge in [-0.1, -0.05) is 6.07 Å². The Kier molecular flexibility index (Phi) is 4.04. The number of carbonyl (C=O) groups is 1. The third kappa shape index (κ3) is 2.92. The first-order valence-corrected chi connectivity index (χ1v) is 6.26. The van der Waals surface area contributed by atoms with Crippen molar-refractivity contribution in [1.29, 1.82) is 0 Å². The molecule has 0 spiro atoms. The monoisotopic (exact) mass is 249 g/mol. The summed E-state index contributed by atoms with van der Waals surface area (Å²) in [6.45, 7) is 3.67. The lowest BCUT2D eigenvalue weighted by Crippen LogP contribution is -2.33. The minimum atomic E-state index is -0.279. The lowest BCUT2D eigenvalue weighted by Gasteiger charge is -2.15. The molecule has 1 heterocycles. The van der Waals surface area contributed by atoms with Gasteiger partial charge in [0.2, 0.25) is 0 Å². The van der Waals surface area contributed by atoms with Gasteiger partial charge in [-0.25, -0.2) is 0 Å². The van der Waals surface area contributed by atoms with E-state index in [2.05, 4.69) is 10.2 Å². The number of nitrogen functional groups attached to an aromatic ring is 1. The average Bonchev–Trinajstić information content (AvgIpc) is 2.85. The van der Waals surface area contributed by atoms with Crippen molar-refractivity contribution in [2.75, 3.05) is 31.9 Å². The molecule has 1 aliphatic heterocycles. The van der Waals surface area contributed by atoms with Gasteiger partial charge in [0.05, 0.1) is 11.3 Å². The molecule has 1 aromatic rings. The Morgan fingerprint density at radius 1 is 1.39 bits per heavy atom. The summed E-state index contributed by atoms with van der Waals surface area (Å²) in [5, 5.41) is 12.5. The van der Waals surface area contributed by atoms with E-state index < -0.39 is 0 Å². The van der Waals surface area contributed by atoms with E-state index >= 15 is 0 Å². The topological polar surface area (TPSA) is 78.6 Å². The number of hydrogen-bond acceptors (Lipinski definition) is 4. The number of benzene rings is 1. The number of rotatable bonds is 4. The van der Waals surface area contributed by atoms with Crippen LogP contribution in [0.15, 0.2) is 18.2 Å². The molecule has 5 heteroatoms. The smallest absolute Gasteiger partial charge is 0.255 e. The summed E-state index contributed by atoms with van der Waals surface area (Å²) in [6.07, 6.45) is 2.48. The van der Waals surface area contributed by atoms with Crippen LogP contribution >= 0.6 is 0 Å². The molecule has 0 aromatic heterocycles. The first-order chi connectivity index (χ1) is 8.68. The van der Waals surface area contributed by atoms with Crippen molar-refractivity contribution >= 4 is 11.6 Å². The lowest BCUT2D eigenvalue weighted by atomic mass is 10.1. The molecule has 1 aromatic carbocycles. The maximum atomic E-state index is 11.8. The second-order valence-electron chi connectivity index (χ2n) is 4.55. The van der Waals surface area contributed by atoms with Gasteiger partial charge in [0.1, 0.15) is 0 Å². The number of aromatic hydroxyl groups is 1. The molecule has 1 amide bonds. The Bertz CT molecular complexity index is 428. The molecule has 0 aliphatic carbocycles. The maximum absolute atomic E-state index is 11.8. The van der Waals surface area contributed by atoms with Crippen molar-refractivity contribution in [3.8, 4) is 5.75 Å². The molecule has 0 saturated carbocycles.